The Morgan fingerprint density at radius 3 is 2.70 bits per heavy atom. The van der Waals surface area contributed by atoms with Crippen molar-refractivity contribution in [3.05, 3.63) is 28.2 Å². The van der Waals surface area contributed by atoms with Crippen molar-refractivity contribution < 1.29 is 4.74 Å². The first-order valence-corrected chi connectivity index (χ1v) is 9.00. The van der Waals surface area contributed by atoms with Crippen LogP contribution in [0, 0.1) is 5.92 Å². The molecule has 0 N–H and O–H groups in total. The van der Waals surface area contributed by atoms with Crippen LogP contribution in [0.2, 0.25) is 0 Å². The molecule has 1 saturated carbocycles. The lowest BCUT2D eigenvalue weighted by Gasteiger charge is -2.22. The molecule has 3 heteroatoms. The summed E-state index contributed by atoms with van der Waals surface area (Å²) >= 11 is 10.2. The lowest BCUT2D eigenvalue weighted by atomic mass is 9.85. The predicted octanol–water partition coefficient (Wildman–Crippen LogP) is 6.49. The van der Waals surface area contributed by atoms with Gasteiger partial charge in [-0.2, -0.15) is 0 Å². The van der Waals surface area contributed by atoms with E-state index >= 15 is 0 Å². The number of hydrogen-bond donors (Lipinski definition) is 0. The fourth-order valence-electron chi connectivity index (χ4n) is 3.03. The minimum Gasteiger partial charge on any atom is -0.494 e. The highest BCUT2D eigenvalue weighted by molar-refractivity contribution is 9.10. The molecule has 112 valence electrons. The van der Waals surface area contributed by atoms with E-state index in [0.717, 1.165) is 22.6 Å². The quantitative estimate of drug-likeness (QED) is 0.527. The number of alkyl halides is 1. The van der Waals surface area contributed by atoms with Gasteiger partial charge in [0.25, 0.3) is 0 Å². The maximum absolute atomic E-state index is 6.59. The van der Waals surface area contributed by atoms with Gasteiger partial charge in [-0.1, -0.05) is 54.1 Å². The van der Waals surface area contributed by atoms with Crippen molar-refractivity contribution in [2.45, 2.75) is 57.2 Å². The number of benzene rings is 1. The van der Waals surface area contributed by atoms with Gasteiger partial charge < -0.3 is 4.74 Å². The van der Waals surface area contributed by atoms with Crippen LogP contribution in [0.1, 0.15) is 62.8 Å². The van der Waals surface area contributed by atoms with Gasteiger partial charge in [0.1, 0.15) is 5.75 Å². The fraction of sp³-hybridized carbons (Fsp3) is 0.647. The molecule has 0 amide bonds. The Morgan fingerprint density at radius 1 is 1.30 bits per heavy atom. The second-order valence-corrected chi connectivity index (χ2v) is 7.05. The maximum atomic E-state index is 6.59. The standard InChI is InChI=1S/C17H24BrClO/c1-2-20-14-9-10-15(16(18)12-14)17(19)11-8-13-6-4-3-5-7-13/h9-10,12-13,17H,2-8,11H2,1H3. The average Bonchev–Trinajstić information content (AvgIpc) is 2.46. The summed E-state index contributed by atoms with van der Waals surface area (Å²) in [6, 6.07) is 6.13. The number of ether oxygens (including phenoxy) is 1. The molecule has 0 radical (unpaired) electrons. The number of halogens is 2. The maximum Gasteiger partial charge on any atom is 0.120 e. The Bertz CT molecular complexity index is 415. The molecule has 1 aromatic carbocycles. The van der Waals surface area contributed by atoms with Crippen LogP contribution in [0.25, 0.3) is 0 Å². The zero-order valence-corrected chi connectivity index (χ0v) is 14.5. The molecule has 1 unspecified atom stereocenters. The molecule has 1 aliphatic carbocycles. The summed E-state index contributed by atoms with van der Waals surface area (Å²) in [4.78, 5) is 0. The highest BCUT2D eigenvalue weighted by Gasteiger charge is 2.17. The summed E-state index contributed by atoms with van der Waals surface area (Å²) in [7, 11) is 0. The van der Waals surface area contributed by atoms with E-state index in [2.05, 4.69) is 22.0 Å². The van der Waals surface area contributed by atoms with E-state index in [1.807, 2.05) is 19.1 Å². The van der Waals surface area contributed by atoms with Crippen molar-refractivity contribution in [3.8, 4) is 5.75 Å². The molecule has 20 heavy (non-hydrogen) atoms. The molecule has 0 spiro atoms. The van der Waals surface area contributed by atoms with Gasteiger partial charge in [-0.25, -0.2) is 0 Å². The molecule has 0 aromatic heterocycles. The zero-order chi connectivity index (χ0) is 14.4. The van der Waals surface area contributed by atoms with Gasteiger partial charge in [-0.3, -0.25) is 0 Å². The van der Waals surface area contributed by atoms with Gasteiger partial charge in [0, 0.05) is 4.47 Å². The number of hydrogen-bond acceptors (Lipinski definition) is 1. The smallest absolute Gasteiger partial charge is 0.120 e. The van der Waals surface area contributed by atoms with Crippen LogP contribution in [0.15, 0.2) is 22.7 Å². The Morgan fingerprint density at radius 2 is 2.05 bits per heavy atom. The third kappa shape index (κ3) is 4.66. The van der Waals surface area contributed by atoms with Gasteiger partial charge in [0.15, 0.2) is 0 Å². The first-order valence-electron chi connectivity index (χ1n) is 7.77. The SMILES string of the molecule is CCOc1ccc(C(Cl)CCC2CCCCC2)c(Br)c1. The van der Waals surface area contributed by atoms with Crippen LogP contribution in [0.4, 0.5) is 0 Å². The van der Waals surface area contributed by atoms with Crippen LogP contribution in [0.5, 0.6) is 5.75 Å². The molecule has 0 saturated heterocycles. The van der Waals surface area contributed by atoms with Crippen LogP contribution in [-0.4, -0.2) is 6.61 Å². The lowest BCUT2D eigenvalue weighted by Crippen LogP contribution is -2.07. The van der Waals surface area contributed by atoms with E-state index in [0.29, 0.717) is 6.61 Å². The van der Waals surface area contributed by atoms with Crippen LogP contribution >= 0.6 is 27.5 Å². The van der Waals surface area contributed by atoms with Crippen molar-refractivity contribution >= 4 is 27.5 Å². The Labute approximate surface area is 136 Å². The molecule has 1 fully saturated rings. The van der Waals surface area contributed by atoms with E-state index in [9.17, 15) is 0 Å². The number of rotatable bonds is 6. The van der Waals surface area contributed by atoms with E-state index in [1.54, 1.807) is 0 Å². The molecule has 1 aliphatic rings. The molecule has 2 rings (SSSR count). The highest BCUT2D eigenvalue weighted by atomic mass is 79.9. The fourth-order valence-corrected chi connectivity index (χ4v) is 4.11. The summed E-state index contributed by atoms with van der Waals surface area (Å²) in [5.74, 6) is 1.80. The summed E-state index contributed by atoms with van der Waals surface area (Å²) in [5, 5.41) is 0.0991. The first-order chi connectivity index (χ1) is 9.70. The molecule has 0 aliphatic heterocycles. The summed E-state index contributed by atoms with van der Waals surface area (Å²) in [6.07, 6.45) is 9.36. The molecule has 1 aromatic rings. The summed E-state index contributed by atoms with van der Waals surface area (Å²) in [6.45, 7) is 2.69. The Hall–Kier alpha value is -0.210. The van der Waals surface area contributed by atoms with E-state index < -0.39 is 0 Å². The molecule has 0 heterocycles. The van der Waals surface area contributed by atoms with Crippen LogP contribution in [0.3, 0.4) is 0 Å². The first kappa shape index (κ1) is 16.2. The van der Waals surface area contributed by atoms with Crippen LogP contribution < -0.4 is 4.74 Å². The van der Waals surface area contributed by atoms with Gasteiger partial charge in [-0.15, -0.1) is 11.6 Å². The molecule has 1 atom stereocenters. The Kier molecular flexibility index (Phi) is 6.70. The van der Waals surface area contributed by atoms with Crippen molar-refractivity contribution in [1.29, 1.82) is 0 Å². The minimum absolute atomic E-state index is 0.0991. The van der Waals surface area contributed by atoms with Gasteiger partial charge in [0.2, 0.25) is 0 Å². The molecular weight excluding hydrogens is 336 g/mol. The monoisotopic (exact) mass is 358 g/mol. The molecule has 0 bridgehead atoms. The van der Waals surface area contributed by atoms with E-state index in [1.165, 1.54) is 44.1 Å². The van der Waals surface area contributed by atoms with Crippen molar-refractivity contribution in [2.75, 3.05) is 6.61 Å². The highest BCUT2D eigenvalue weighted by Crippen LogP contribution is 2.37. The second-order valence-electron chi connectivity index (χ2n) is 5.67. The summed E-state index contributed by atoms with van der Waals surface area (Å²) in [5.41, 5.74) is 1.19. The molecular formula is C17H24BrClO. The average molecular weight is 360 g/mol. The second kappa shape index (κ2) is 8.29. The molecule has 1 nitrogen and oxygen atoms in total. The van der Waals surface area contributed by atoms with Crippen molar-refractivity contribution in [3.63, 3.8) is 0 Å². The third-order valence-electron chi connectivity index (χ3n) is 4.17. The zero-order valence-electron chi connectivity index (χ0n) is 12.2. The third-order valence-corrected chi connectivity index (χ3v) is 5.31. The van der Waals surface area contributed by atoms with Gasteiger partial charge in [-0.05, 0) is 43.4 Å². The van der Waals surface area contributed by atoms with Gasteiger partial charge in [0.05, 0.1) is 12.0 Å². The van der Waals surface area contributed by atoms with Crippen molar-refractivity contribution in [2.24, 2.45) is 5.92 Å². The summed E-state index contributed by atoms with van der Waals surface area (Å²) < 4.78 is 6.57. The van der Waals surface area contributed by atoms with Gasteiger partial charge >= 0.3 is 0 Å². The minimum atomic E-state index is 0.0991. The lowest BCUT2D eigenvalue weighted by molar-refractivity contribution is 0.331. The van der Waals surface area contributed by atoms with E-state index in [-0.39, 0.29) is 5.38 Å². The van der Waals surface area contributed by atoms with E-state index in [4.69, 9.17) is 16.3 Å². The van der Waals surface area contributed by atoms with Crippen molar-refractivity contribution in [1.82, 2.24) is 0 Å². The predicted molar refractivity (Wildman–Crippen MR) is 89.7 cm³/mol. The Balaban J connectivity index is 1.89. The largest absolute Gasteiger partial charge is 0.494 e. The van der Waals surface area contributed by atoms with Crippen LogP contribution in [-0.2, 0) is 0 Å². The normalized spacial score (nSPS) is 17.9. The topological polar surface area (TPSA) is 9.23 Å².